The number of aryl methyl sites for hydroxylation is 1. The van der Waals surface area contributed by atoms with Crippen LogP contribution >= 0.6 is 0 Å². The molecule has 28 heavy (non-hydrogen) atoms. The van der Waals surface area contributed by atoms with Crippen molar-refractivity contribution in [1.29, 1.82) is 0 Å². The van der Waals surface area contributed by atoms with Gasteiger partial charge in [-0.1, -0.05) is 18.2 Å². The Morgan fingerprint density at radius 1 is 1.25 bits per heavy atom. The Hall–Kier alpha value is -2.88. The molecule has 0 bridgehead atoms. The van der Waals surface area contributed by atoms with E-state index in [2.05, 4.69) is 15.4 Å². The number of hydrogen-bond acceptors (Lipinski definition) is 5. The Labute approximate surface area is 164 Å². The Balaban J connectivity index is 1.56. The van der Waals surface area contributed by atoms with E-state index in [1.54, 1.807) is 66.4 Å². The summed E-state index contributed by atoms with van der Waals surface area (Å²) in [7, 11) is 0.0535. The number of benzene rings is 1. The molecule has 1 amide bonds. The van der Waals surface area contributed by atoms with Gasteiger partial charge in [0.05, 0.1) is 22.5 Å². The average molecular weight is 404 g/mol. The van der Waals surface area contributed by atoms with E-state index in [0.717, 1.165) is 5.69 Å². The molecule has 10 heteroatoms. The first kappa shape index (κ1) is 19.9. The molecule has 1 aromatic heterocycles. The Morgan fingerprint density at radius 3 is 2.61 bits per heavy atom. The van der Waals surface area contributed by atoms with Crippen LogP contribution in [0.4, 0.5) is 5.69 Å². The molecule has 0 saturated carbocycles. The third kappa shape index (κ3) is 4.50. The Kier molecular flexibility index (Phi) is 5.98. The molecular formula is C18H24N6O3S. The molecule has 1 saturated heterocycles. The minimum Gasteiger partial charge on any atom is -0.355 e. The van der Waals surface area contributed by atoms with Crippen LogP contribution in [0.2, 0.25) is 0 Å². The maximum atomic E-state index is 12.5. The van der Waals surface area contributed by atoms with Crippen molar-refractivity contribution >= 4 is 27.4 Å². The minimum atomic E-state index is -3.37. The molecular weight excluding hydrogens is 380 g/mol. The highest BCUT2D eigenvalue weighted by atomic mass is 32.2. The lowest BCUT2D eigenvalue weighted by Crippen LogP contribution is -2.55. The van der Waals surface area contributed by atoms with Gasteiger partial charge in [0, 0.05) is 39.9 Å². The van der Waals surface area contributed by atoms with E-state index >= 15 is 0 Å². The fourth-order valence-corrected chi connectivity index (χ4v) is 4.23. The monoisotopic (exact) mass is 404 g/mol. The van der Waals surface area contributed by atoms with Crippen molar-refractivity contribution in [1.82, 2.24) is 20.0 Å². The molecule has 1 N–H and O–H groups in total. The van der Waals surface area contributed by atoms with Crippen molar-refractivity contribution in [2.24, 2.45) is 12.0 Å². The molecule has 0 unspecified atom stereocenters. The number of hydrogen-bond donors (Lipinski definition) is 1. The summed E-state index contributed by atoms with van der Waals surface area (Å²) in [6.45, 7) is 1.47. The first-order chi connectivity index (χ1) is 13.4. The van der Waals surface area contributed by atoms with Gasteiger partial charge < -0.3 is 15.1 Å². The lowest BCUT2D eigenvalue weighted by molar-refractivity contribution is -0.120. The number of aromatic nitrogens is 2. The van der Waals surface area contributed by atoms with Gasteiger partial charge >= 0.3 is 0 Å². The summed E-state index contributed by atoms with van der Waals surface area (Å²) in [5.74, 6) is 0.404. The SMILES string of the molecule is CN=C(NCCS(=O)(=O)c1ccccc1)N1CCN(c2cnn(C)c2)C(=O)C1. The number of carbonyl (C=O) groups excluding carboxylic acids is 1. The minimum absolute atomic E-state index is 0.0559. The Morgan fingerprint density at radius 2 is 2.00 bits per heavy atom. The molecule has 3 rings (SSSR count). The number of rotatable bonds is 5. The van der Waals surface area contributed by atoms with Crippen LogP contribution in [0.3, 0.4) is 0 Å². The smallest absolute Gasteiger partial charge is 0.246 e. The zero-order valence-electron chi connectivity index (χ0n) is 15.9. The van der Waals surface area contributed by atoms with Gasteiger partial charge in [-0.2, -0.15) is 5.10 Å². The number of sulfone groups is 1. The molecule has 0 aliphatic carbocycles. The molecule has 150 valence electrons. The Bertz CT molecular complexity index is 955. The van der Waals surface area contributed by atoms with E-state index in [9.17, 15) is 13.2 Å². The molecule has 0 spiro atoms. The number of guanidine groups is 1. The number of amides is 1. The number of aliphatic imine (C=N–C) groups is 1. The quantitative estimate of drug-likeness (QED) is 0.561. The van der Waals surface area contributed by atoms with Gasteiger partial charge in [0.1, 0.15) is 6.54 Å². The highest BCUT2D eigenvalue weighted by Crippen LogP contribution is 2.16. The molecule has 1 aliphatic heterocycles. The number of anilines is 1. The zero-order valence-corrected chi connectivity index (χ0v) is 16.8. The van der Waals surface area contributed by atoms with Crippen LogP contribution in [-0.2, 0) is 21.7 Å². The van der Waals surface area contributed by atoms with Crippen molar-refractivity contribution in [3.8, 4) is 0 Å². The summed E-state index contributed by atoms with van der Waals surface area (Å²) in [6, 6.07) is 8.35. The normalized spacial score (nSPS) is 15.8. The van der Waals surface area contributed by atoms with Gasteiger partial charge in [-0.15, -0.1) is 0 Å². The molecule has 2 aromatic rings. The summed E-state index contributed by atoms with van der Waals surface area (Å²) in [4.78, 5) is 20.5. The second-order valence-corrected chi connectivity index (χ2v) is 8.55. The van der Waals surface area contributed by atoms with Crippen molar-refractivity contribution in [2.45, 2.75) is 4.90 Å². The van der Waals surface area contributed by atoms with Crippen LogP contribution in [-0.4, -0.2) is 73.9 Å². The zero-order chi connectivity index (χ0) is 20.1. The highest BCUT2D eigenvalue weighted by Gasteiger charge is 2.27. The number of piperazine rings is 1. The second kappa shape index (κ2) is 8.42. The first-order valence-electron chi connectivity index (χ1n) is 8.93. The molecule has 1 aromatic carbocycles. The number of nitrogens with one attached hydrogen (secondary N) is 1. The first-order valence-corrected chi connectivity index (χ1v) is 10.6. The van der Waals surface area contributed by atoms with Gasteiger partial charge in [0.25, 0.3) is 0 Å². The van der Waals surface area contributed by atoms with Crippen LogP contribution < -0.4 is 10.2 Å². The van der Waals surface area contributed by atoms with Gasteiger partial charge in [0.15, 0.2) is 15.8 Å². The fourth-order valence-electron chi connectivity index (χ4n) is 3.05. The van der Waals surface area contributed by atoms with Crippen molar-refractivity contribution in [2.75, 3.05) is 43.9 Å². The predicted octanol–water partition coefficient (Wildman–Crippen LogP) is 0.118. The molecule has 1 aliphatic rings. The van der Waals surface area contributed by atoms with E-state index in [0.29, 0.717) is 23.9 Å². The highest BCUT2D eigenvalue weighted by molar-refractivity contribution is 7.91. The van der Waals surface area contributed by atoms with Crippen molar-refractivity contribution < 1.29 is 13.2 Å². The van der Waals surface area contributed by atoms with Crippen LogP contribution in [0.15, 0.2) is 52.6 Å². The second-order valence-electron chi connectivity index (χ2n) is 6.45. The van der Waals surface area contributed by atoms with Gasteiger partial charge in [-0.05, 0) is 12.1 Å². The average Bonchev–Trinajstić information content (AvgIpc) is 3.12. The third-order valence-electron chi connectivity index (χ3n) is 4.49. The summed E-state index contributed by atoms with van der Waals surface area (Å²) >= 11 is 0. The van der Waals surface area contributed by atoms with Gasteiger partial charge in [0.2, 0.25) is 5.91 Å². The standard InChI is InChI=1S/C18H24N6O3S/c1-19-18(20-8-11-28(26,27)16-6-4-3-5-7-16)23-9-10-24(17(25)14-23)15-12-21-22(2)13-15/h3-7,12-13H,8-11,14H2,1-2H3,(H,19,20). The molecule has 0 atom stereocenters. The molecule has 2 heterocycles. The van der Waals surface area contributed by atoms with Gasteiger partial charge in [-0.3, -0.25) is 14.5 Å². The van der Waals surface area contributed by atoms with Crippen LogP contribution in [0.25, 0.3) is 0 Å². The topological polar surface area (TPSA) is 99.9 Å². The molecule has 1 fully saturated rings. The molecule has 0 radical (unpaired) electrons. The van der Waals surface area contributed by atoms with Crippen molar-refractivity contribution in [3.05, 3.63) is 42.7 Å². The van der Waals surface area contributed by atoms with E-state index < -0.39 is 9.84 Å². The van der Waals surface area contributed by atoms with Crippen LogP contribution in [0.5, 0.6) is 0 Å². The van der Waals surface area contributed by atoms with Crippen molar-refractivity contribution in [3.63, 3.8) is 0 Å². The largest absolute Gasteiger partial charge is 0.355 e. The maximum Gasteiger partial charge on any atom is 0.246 e. The number of nitrogens with zero attached hydrogens (tertiary/aromatic N) is 5. The molecule has 9 nitrogen and oxygen atoms in total. The summed E-state index contributed by atoms with van der Waals surface area (Å²) in [5, 5.41) is 7.16. The summed E-state index contributed by atoms with van der Waals surface area (Å²) in [5.41, 5.74) is 0.768. The van der Waals surface area contributed by atoms with E-state index in [1.165, 1.54) is 0 Å². The van der Waals surface area contributed by atoms with E-state index in [-0.39, 0.29) is 24.7 Å². The van der Waals surface area contributed by atoms with Gasteiger partial charge in [-0.25, -0.2) is 8.42 Å². The van der Waals surface area contributed by atoms with Crippen LogP contribution in [0, 0.1) is 0 Å². The lowest BCUT2D eigenvalue weighted by Gasteiger charge is -2.35. The fraction of sp³-hybridized carbons (Fsp3) is 0.389. The van der Waals surface area contributed by atoms with E-state index in [1.807, 2.05) is 4.90 Å². The van der Waals surface area contributed by atoms with E-state index in [4.69, 9.17) is 0 Å². The van der Waals surface area contributed by atoms with Crippen LogP contribution in [0.1, 0.15) is 0 Å². The predicted molar refractivity (Wildman–Crippen MR) is 107 cm³/mol. The number of carbonyl (C=O) groups is 1. The summed E-state index contributed by atoms with van der Waals surface area (Å²) < 4.78 is 26.4. The lowest BCUT2D eigenvalue weighted by atomic mass is 10.3. The third-order valence-corrected chi connectivity index (χ3v) is 6.22. The summed E-state index contributed by atoms with van der Waals surface area (Å²) in [6.07, 6.45) is 3.46. The maximum absolute atomic E-state index is 12.5.